The molecule has 2 rings (SSSR count). The number of nitrogens with zero attached hydrogens (tertiary/aromatic N) is 3. The Morgan fingerprint density at radius 2 is 1.96 bits per heavy atom. The molecule has 6 nitrogen and oxygen atoms in total. The molecular formula is C19H32FN5O. The first-order valence-corrected chi connectivity index (χ1v) is 9.47. The van der Waals surface area contributed by atoms with Crippen LogP contribution in [-0.2, 0) is 4.74 Å². The maximum absolute atomic E-state index is 13.9. The lowest BCUT2D eigenvalue weighted by Gasteiger charge is -2.36. The van der Waals surface area contributed by atoms with Gasteiger partial charge in [0.15, 0.2) is 5.96 Å². The summed E-state index contributed by atoms with van der Waals surface area (Å²) in [6.45, 7) is 9.78. The molecule has 1 aliphatic rings. The largest absolute Gasteiger partial charge is 0.383 e. The molecule has 26 heavy (non-hydrogen) atoms. The highest BCUT2D eigenvalue weighted by molar-refractivity contribution is 5.79. The predicted molar refractivity (Wildman–Crippen MR) is 106 cm³/mol. The molecule has 0 amide bonds. The fraction of sp³-hybridized carbons (Fsp3) is 0.632. The van der Waals surface area contributed by atoms with Crippen molar-refractivity contribution in [1.82, 2.24) is 15.5 Å². The van der Waals surface area contributed by atoms with Crippen molar-refractivity contribution in [2.24, 2.45) is 4.99 Å². The maximum atomic E-state index is 13.9. The Hall–Kier alpha value is -1.86. The number of nitrogens with one attached hydrogen (secondary N) is 2. The number of anilines is 1. The summed E-state index contributed by atoms with van der Waals surface area (Å²) < 4.78 is 18.9. The molecule has 0 bridgehead atoms. The van der Waals surface area contributed by atoms with E-state index in [0.29, 0.717) is 12.3 Å². The zero-order valence-corrected chi connectivity index (χ0v) is 16.0. The number of halogens is 1. The summed E-state index contributed by atoms with van der Waals surface area (Å²) in [5.41, 5.74) is 0.717. The third kappa shape index (κ3) is 6.80. The summed E-state index contributed by atoms with van der Waals surface area (Å²) in [7, 11) is 1.69. The van der Waals surface area contributed by atoms with Crippen LogP contribution in [0, 0.1) is 5.82 Å². The Balaban J connectivity index is 1.67. The highest BCUT2D eigenvalue weighted by Gasteiger charge is 2.18. The van der Waals surface area contributed by atoms with Gasteiger partial charge in [0.2, 0.25) is 0 Å². The van der Waals surface area contributed by atoms with Crippen LogP contribution in [0.3, 0.4) is 0 Å². The topological polar surface area (TPSA) is 52.1 Å². The molecule has 146 valence electrons. The molecule has 2 N–H and O–H groups in total. The van der Waals surface area contributed by atoms with Crippen LogP contribution < -0.4 is 15.5 Å². The first-order chi connectivity index (χ1) is 12.7. The van der Waals surface area contributed by atoms with Crippen LogP contribution in [0.15, 0.2) is 29.3 Å². The molecule has 0 saturated carbocycles. The van der Waals surface area contributed by atoms with E-state index in [1.54, 1.807) is 13.2 Å². The molecule has 0 radical (unpaired) electrons. The van der Waals surface area contributed by atoms with E-state index in [4.69, 9.17) is 4.74 Å². The van der Waals surface area contributed by atoms with Crippen molar-refractivity contribution in [1.29, 1.82) is 0 Å². The van der Waals surface area contributed by atoms with Crippen molar-refractivity contribution in [3.05, 3.63) is 30.1 Å². The van der Waals surface area contributed by atoms with Crippen molar-refractivity contribution in [2.75, 3.05) is 71.0 Å². The second-order valence-corrected chi connectivity index (χ2v) is 6.31. The smallest absolute Gasteiger partial charge is 0.191 e. The molecule has 0 atom stereocenters. The maximum Gasteiger partial charge on any atom is 0.191 e. The summed E-state index contributed by atoms with van der Waals surface area (Å²) in [4.78, 5) is 9.16. The number of benzene rings is 1. The summed E-state index contributed by atoms with van der Waals surface area (Å²) in [6.07, 6.45) is 1.01. The third-order valence-electron chi connectivity index (χ3n) is 4.41. The standard InChI is InChI=1S/C19H32FN5O/c1-3-21-19(23-10-16-26-2)22-9-6-11-24-12-14-25(15-13-24)18-8-5-4-7-17(18)20/h4-5,7-8H,3,6,9-16H2,1-2H3,(H2,21,22,23). The fourth-order valence-corrected chi connectivity index (χ4v) is 3.02. The van der Waals surface area contributed by atoms with Crippen molar-refractivity contribution < 1.29 is 9.13 Å². The first kappa shape index (κ1) is 20.5. The second-order valence-electron chi connectivity index (χ2n) is 6.31. The van der Waals surface area contributed by atoms with Gasteiger partial charge in [-0.25, -0.2) is 4.39 Å². The number of ether oxygens (including phenoxy) is 1. The van der Waals surface area contributed by atoms with Crippen LogP contribution in [0.2, 0.25) is 0 Å². The molecular weight excluding hydrogens is 333 g/mol. The van der Waals surface area contributed by atoms with E-state index < -0.39 is 0 Å². The van der Waals surface area contributed by atoms with Gasteiger partial charge in [0.05, 0.1) is 12.3 Å². The lowest BCUT2D eigenvalue weighted by Crippen LogP contribution is -2.47. The minimum Gasteiger partial charge on any atom is -0.383 e. The minimum atomic E-state index is -0.132. The van der Waals surface area contributed by atoms with Crippen LogP contribution in [0.5, 0.6) is 0 Å². The summed E-state index contributed by atoms with van der Waals surface area (Å²) in [5.74, 6) is 0.709. The number of hydrogen-bond donors (Lipinski definition) is 2. The van der Waals surface area contributed by atoms with E-state index in [2.05, 4.69) is 32.3 Å². The lowest BCUT2D eigenvalue weighted by molar-refractivity contribution is 0.203. The Bertz CT molecular complexity index is 546. The number of guanidine groups is 1. The van der Waals surface area contributed by atoms with Crippen LogP contribution in [0.4, 0.5) is 10.1 Å². The SMILES string of the molecule is CCNC(=NCCCN1CCN(c2ccccc2F)CC1)NCCOC. The number of aliphatic imine (C=N–C) groups is 1. The van der Waals surface area contributed by atoms with Gasteiger partial charge in [0, 0.05) is 59.5 Å². The first-order valence-electron chi connectivity index (χ1n) is 9.47. The van der Waals surface area contributed by atoms with Gasteiger partial charge in [-0.1, -0.05) is 12.1 Å². The average Bonchev–Trinajstić information content (AvgIpc) is 2.66. The summed E-state index contributed by atoms with van der Waals surface area (Å²) in [6, 6.07) is 7.02. The fourth-order valence-electron chi connectivity index (χ4n) is 3.02. The van der Waals surface area contributed by atoms with Gasteiger partial charge in [-0.3, -0.25) is 9.89 Å². The van der Waals surface area contributed by atoms with E-state index in [9.17, 15) is 4.39 Å². The van der Waals surface area contributed by atoms with E-state index in [-0.39, 0.29) is 5.82 Å². The number of rotatable bonds is 9. The van der Waals surface area contributed by atoms with Crippen molar-refractivity contribution in [2.45, 2.75) is 13.3 Å². The normalized spacial score (nSPS) is 16.0. The summed E-state index contributed by atoms with van der Waals surface area (Å²) in [5, 5.41) is 6.48. The number of methoxy groups -OCH3 is 1. The van der Waals surface area contributed by atoms with Crippen molar-refractivity contribution in [3.8, 4) is 0 Å². The van der Waals surface area contributed by atoms with Gasteiger partial charge in [-0.05, 0) is 25.5 Å². The third-order valence-corrected chi connectivity index (χ3v) is 4.41. The Morgan fingerprint density at radius 3 is 2.65 bits per heavy atom. The zero-order chi connectivity index (χ0) is 18.6. The molecule has 0 aromatic heterocycles. The van der Waals surface area contributed by atoms with Crippen LogP contribution in [0.25, 0.3) is 0 Å². The number of para-hydroxylation sites is 1. The summed E-state index contributed by atoms with van der Waals surface area (Å²) >= 11 is 0. The van der Waals surface area contributed by atoms with Gasteiger partial charge in [-0.15, -0.1) is 0 Å². The van der Waals surface area contributed by atoms with Crippen molar-refractivity contribution in [3.63, 3.8) is 0 Å². The van der Waals surface area contributed by atoms with Gasteiger partial charge in [0.1, 0.15) is 5.82 Å². The van der Waals surface area contributed by atoms with Crippen LogP contribution in [-0.4, -0.2) is 76.9 Å². The molecule has 1 saturated heterocycles. The van der Waals surface area contributed by atoms with E-state index >= 15 is 0 Å². The van der Waals surface area contributed by atoms with Crippen molar-refractivity contribution >= 4 is 11.6 Å². The molecule has 1 heterocycles. The molecule has 0 aliphatic carbocycles. The monoisotopic (exact) mass is 365 g/mol. The second kappa shape index (κ2) is 11.7. The zero-order valence-electron chi connectivity index (χ0n) is 16.0. The van der Waals surface area contributed by atoms with E-state index in [1.807, 2.05) is 12.1 Å². The number of hydrogen-bond acceptors (Lipinski definition) is 4. The molecule has 1 aliphatic heterocycles. The van der Waals surface area contributed by atoms with Gasteiger partial charge in [-0.2, -0.15) is 0 Å². The van der Waals surface area contributed by atoms with Gasteiger partial charge in [0.25, 0.3) is 0 Å². The quantitative estimate of drug-likeness (QED) is 0.395. The van der Waals surface area contributed by atoms with Gasteiger partial charge >= 0.3 is 0 Å². The van der Waals surface area contributed by atoms with E-state index in [0.717, 1.165) is 64.7 Å². The molecule has 1 aromatic carbocycles. The van der Waals surface area contributed by atoms with Gasteiger partial charge < -0.3 is 20.3 Å². The highest BCUT2D eigenvalue weighted by Crippen LogP contribution is 2.20. The number of piperazine rings is 1. The Morgan fingerprint density at radius 1 is 1.19 bits per heavy atom. The van der Waals surface area contributed by atoms with Crippen LogP contribution >= 0.6 is 0 Å². The average molecular weight is 365 g/mol. The van der Waals surface area contributed by atoms with E-state index in [1.165, 1.54) is 6.07 Å². The Labute approximate surface area is 156 Å². The van der Waals surface area contributed by atoms with Crippen LogP contribution in [0.1, 0.15) is 13.3 Å². The minimum absolute atomic E-state index is 0.132. The highest BCUT2D eigenvalue weighted by atomic mass is 19.1. The molecule has 1 fully saturated rings. The lowest BCUT2D eigenvalue weighted by atomic mass is 10.2. The molecule has 0 unspecified atom stereocenters. The Kier molecular flexibility index (Phi) is 9.20. The predicted octanol–water partition coefficient (Wildman–Crippen LogP) is 1.54. The molecule has 7 heteroatoms. The molecule has 1 aromatic rings. The molecule has 0 spiro atoms.